The van der Waals surface area contributed by atoms with Crippen LogP contribution in [0.5, 0.6) is 0 Å². The Morgan fingerprint density at radius 2 is 1.95 bits per heavy atom. The highest BCUT2D eigenvalue weighted by molar-refractivity contribution is 5.93. The fourth-order valence-corrected chi connectivity index (χ4v) is 2.69. The molecule has 0 aliphatic carbocycles. The molecule has 2 aromatic rings. The van der Waals surface area contributed by atoms with Gasteiger partial charge in [0.15, 0.2) is 0 Å². The van der Waals surface area contributed by atoms with Crippen LogP contribution in [0.3, 0.4) is 0 Å². The number of aromatic nitrogens is 1. The highest BCUT2D eigenvalue weighted by atomic mass is 16.4. The SMILES string of the molecule is CC(C)(C)c1c(CCN)c2ccccc2n1C(=O)O. The summed E-state index contributed by atoms with van der Waals surface area (Å²) in [7, 11) is 0. The summed E-state index contributed by atoms with van der Waals surface area (Å²) in [5.74, 6) is 0. The molecule has 0 aliphatic heterocycles. The van der Waals surface area contributed by atoms with E-state index < -0.39 is 6.09 Å². The van der Waals surface area contributed by atoms with Crippen LogP contribution in [0.1, 0.15) is 32.0 Å². The van der Waals surface area contributed by atoms with Crippen molar-refractivity contribution in [1.29, 1.82) is 0 Å². The number of para-hydroxylation sites is 1. The van der Waals surface area contributed by atoms with Gasteiger partial charge in [-0.2, -0.15) is 0 Å². The average molecular weight is 260 g/mol. The Labute approximate surface area is 112 Å². The Bertz CT molecular complexity index is 621. The Balaban J connectivity index is 2.92. The molecule has 0 saturated carbocycles. The van der Waals surface area contributed by atoms with Gasteiger partial charge in [0, 0.05) is 16.5 Å². The van der Waals surface area contributed by atoms with Gasteiger partial charge in [0.2, 0.25) is 0 Å². The molecule has 0 bridgehead atoms. The maximum atomic E-state index is 11.6. The van der Waals surface area contributed by atoms with Gasteiger partial charge in [-0.3, -0.25) is 0 Å². The Hall–Kier alpha value is -1.81. The average Bonchev–Trinajstić information content (AvgIpc) is 2.65. The molecule has 1 aromatic heterocycles. The monoisotopic (exact) mass is 260 g/mol. The molecule has 3 N–H and O–H groups in total. The summed E-state index contributed by atoms with van der Waals surface area (Å²) >= 11 is 0. The second kappa shape index (κ2) is 4.70. The molecule has 0 fully saturated rings. The summed E-state index contributed by atoms with van der Waals surface area (Å²) in [6.07, 6.45) is -0.252. The van der Waals surface area contributed by atoms with E-state index in [2.05, 4.69) is 0 Å². The van der Waals surface area contributed by atoms with Crippen LogP contribution in [0, 0.1) is 0 Å². The molecule has 1 heterocycles. The molecule has 4 nitrogen and oxygen atoms in total. The second-order valence-corrected chi connectivity index (χ2v) is 5.75. The fraction of sp³-hybridized carbons (Fsp3) is 0.400. The van der Waals surface area contributed by atoms with Gasteiger partial charge in [0.1, 0.15) is 0 Å². The van der Waals surface area contributed by atoms with E-state index in [1.807, 2.05) is 45.0 Å². The zero-order valence-electron chi connectivity index (χ0n) is 11.6. The largest absolute Gasteiger partial charge is 0.464 e. The molecule has 0 atom stereocenters. The number of carbonyl (C=O) groups is 1. The predicted octanol–water partition coefficient (Wildman–Crippen LogP) is 2.97. The maximum Gasteiger partial charge on any atom is 0.416 e. The van der Waals surface area contributed by atoms with Gasteiger partial charge in [-0.15, -0.1) is 0 Å². The van der Waals surface area contributed by atoms with Crippen molar-refractivity contribution < 1.29 is 9.90 Å². The summed E-state index contributed by atoms with van der Waals surface area (Å²) in [6.45, 7) is 6.60. The molecule has 0 saturated heterocycles. The van der Waals surface area contributed by atoms with Crippen LogP contribution < -0.4 is 5.73 Å². The second-order valence-electron chi connectivity index (χ2n) is 5.75. The number of nitrogens with two attached hydrogens (primary N) is 1. The topological polar surface area (TPSA) is 68.2 Å². The van der Waals surface area contributed by atoms with Gasteiger partial charge in [-0.05, 0) is 24.6 Å². The molecule has 0 spiro atoms. The van der Waals surface area contributed by atoms with Crippen LogP contribution >= 0.6 is 0 Å². The van der Waals surface area contributed by atoms with Crippen LogP contribution in [0.15, 0.2) is 24.3 Å². The Morgan fingerprint density at radius 1 is 1.32 bits per heavy atom. The number of nitrogens with zero attached hydrogens (tertiary/aromatic N) is 1. The first kappa shape index (κ1) is 13.6. The first-order chi connectivity index (χ1) is 8.88. The van der Waals surface area contributed by atoms with Crippen LogP contribution in [-0.4, -0.2) is 22.3 Å². The lowest BCUT2D eigenvalue weighted by Gasteiger charge is -2.22. The van der Waals surface area contributed by atoms with Crippen molar-refractivity contribution in [3.05, 3.63) is 35.5 Å². The lowest BCUT2D eigenvalue weighted by atomic mass is 9.87. The third-order valence-corrected chi connectivity index (χ3v) is 3.28. The predicted molar refractivity (Wildman–Crippen MR) is 76.8 cm³/mol. The minimum absolute atomic E-state index is 0.248. The van der Waals surface area contributed by atoms with Gasteiger partial charge in [0.05, 0.1) is 5.52 Å². The number of benzene rings is 1. The molecule has 0 radical (unpaired) electrons. The molecule has 102 valence electrons. The maximum absolute atomic E-state index is 11.6. The van der Waals surface area contributed by atoms with E-state index >= 15 is 0 Å². The smallest absolute Gasteiger partial charge is 0.416 e. The van der Waals surface area contributed by atoms with E-state index in [4.69, 9.17) is 5.73 Å². The quantitative estimate of drug-likeness (QED) is 0.872. The molecule has 0 amide bonds. The van der Waals surface area contributed by atoms with Gasteiger partial charge in [-0.25, -0.2) is 9.36 Å². The standard InChI is InChI=1S/C15H20N2O2/c1-15(2,3)13-11(8-9-16)10-6-4-5-7-12(10)17(13)14(18)19/h4-7H,8-9,16H2,1-3H3,(H,18,19). The van der Waals surface area contributed by atoms with Crippen LogP contribution in [-0.2, 0) is 11.8 Å². The minimum atomic E-state index is -0.940. The summed E-state index contributed by atoms with van der Waals surface area (Å²) in [6, 6.07) is 7.61. The molecule has 4 heteroatoms. The van der Waals surface area contributed by atoms with E-state index in [9.17, 15) is 9.90 Å². The molecule has 0 aliphatic rings. The van der Waals surface area contributed by atoms with Crippen molar-refractivity contribution in [2.24, 2.45) is 5.73 Å². The number of carboxylic acid groups (broad SMARTS) is 1. The molecule has 0 unspecified atom stereocenters. The highest BCUT2D eigenvalue weighted by Gasteiger charge is 2.28. The Kier molecular flexibility index (Phi) is 3.37. The third-order valence-electron chi connectivity index (χ3n) is 3.28. The van der Waals surface area contributed by atoms with E-state index in [1.54, 1.807) is 0 Å². The number of hydrogen-bond donors (Lipinski definition) is 2. The normalized spacial score (nSPS) is 12.0. The van der Waals surface area contributed by atoms with Gasteiger partial charge >= 0.3 is 6.09 Å². The minimum Gasteiger partial charge on any atom is -0.464 e. The van der Waals surface area contributed by atoms with Crippen molar-refractivity contribution >= 4 is 17.0 Å². The lowest BCUT2D eigenvalue weighted by molar-refractivity contribution is 0.195. The van der Waals surface area contributed by atoms with Crippen molar-refractivity contribution in [2.75, 3.05) is 6.54 Å². The first-order valence-electron chi connectivity index (χ1n) is 6.44. The van der Waals surface area contributed by atoms with Crippen molar-refractivity contribution in [1.82, 2.24) is 4.57 Å². The molecule has 19 heavy (non-hydrogen) atoms. The number of fused-ring (bicyclic) bond motifs is 1. The van der Waals surface area contributed by atoms with Crippen molar-refractivity contribution in [2.45, 2.75) is 32.6 Å². The number of hydrogen-bond acceptors (Lipinski definition) is 2. The molecule has 2 rings (SSSR count). The summed E-state index contributed by atoms with van der Waals surface area (Å²) in [5.41, 5.74) is 8.07. The van der Waals surface area contributed by atoms with E-state index in [0.717, 1.165) is 22.2 Å². The number of rotatable bonds is 2. The van der Waals surface area contributed by atoms with Gasteiger partial charge < -0.3 is 10.8 Å². The van der Waals surface area contributed by atoms with Crippen molar-refractivity contribution in [3.63, 3.8) is 0 Å². The highest BCUT2D eigenvalue weighted by Crippen LogP contribution is 2.34. The van der Waals surface area contributed by atoms with E-state index in [-0.39, 0.29) is 5.41 Å². The summed E-state index contributed by atoms with van der Waals surface area (Å²) < 4.78 is 1.40. The molecular formula is C15H20N2O2. The third kappa shape index (κ3) is 2.24. The fourth-order valence-electron chi connectivity index (χ4n) is 2.69. The van der Waals surface area contributed by atoms with Gasteiger partial charge in [-0.1, -0.05) is 39.0 Å². The van der Waals surface area contributed by atoms with Crippen LogP contribution in [0.2, 0.25) is 0 Å². The first-order valence-corrected chi connectivity index (χ1v) is 6.44. The summed E-state index contributed by atoms with van der Waals surface area (Å²) in [5, 5.41) is 10.5. The van der Waals surface area contributed by atoms with Crippen LogP contribution in [0.25, 0.3) is 10.9 Å². The molecule has 1 aromatic carbocycles. The summed E-state index contributed by atoms with van der Waals surface area (Å²) in [4.78, 5) is 11.6. The lowest BCUT2D eigenvalue weighted by Crippen LogP contribution is -2.23. The Morgan fingerprint density at radius 3 is 2.47 bits per heavy atom. The van der Waals surface area contributed by atoms with E-state index in [1.165, 1.54) is 4.57 Å². The van der Waals surface area contributed by atoms with E-state index in [0.29, 0.717) is 13.0 Å². The zero-order chi connectivity index (χ0) is 14.2. The van der Waals surface area contributed by atoms with Gasteiger partial charge in [0.25, 0.3) is 0 Å². The zero-order valence-corrected chi connectivity index (χ0v) is 11.6. The van der Waals surface area contributed by atoms with Crippen molar-refractivity contribution in [3.8, 4) is 0 Å². The van der Waals surface area contributed by atoms with Crippen LogP contribution in [0.4, 0.5) is 4.79 Å². The molecular weight excluding hydrogens is 240 g/mol.